The fraction of sp³-hybridized carbons (Fsp3) is 0.524. The highest BCUT2D eigenvalue weighted by molar-refractivity contribution is 6.01. The lowest BCUT2D eigenvalue weighted by Crippen LogP contribution is -2.32. The molecule has 0 aliphatic carbocycles. The molecule has 8 heteroatoms. The molecule has 158 valence electrons. The molecule has 0 saturated carbocycles. The number of unbranched alkanes of at least 4 members (excludes halogenated alkanes) is 1. The Bertz CT molecular complexity index is 713. The number of benzene rings is 1. The summed E-state index contributed by atoms with van der Waals surface area (Å²) >= 11 is 0. The van der Waals surface area contributed by atoms with Gasteiger partial charge < -0.3 is 9.47 Å². The Morgan fingerprint density at radius 1 is 1.00 bits per heavy atom. The molecule has 1 atom stereocenters. The number of carbonyl (C=O) groups excluding carboxylic acids is 4. The van der Waals surface area contributed by atoms with Crippen molar-refractivity contribution in [1.29, 1.82) is 0 Å². The fourth-order valence-corrected chi connectivity index (χ4v) is 2.93. The van der Waals surface area contributed by atoms with Crippen LogP contribution in [0.5, 0.6) is 5.75 Å². The third-order valence-corrected chi connectivity index (χ3v) is 4.55. The van der Waals surface area contributed by atoms with Gasteiger partial charge in [0.05, 0.1) is 5.92 Å². The van der Waals surface area contributed by atoms with E-state index in [4.69, 9.17) is 9.47 Å². The van der Waals surface area contributed by atoms with Crippen molar-refractivity contribution < 1.29 is 33.5 Å². The van der Waals surface area contributed by atoms with Gasteiger partial charge in [-0.2, -0.15) is 0 Å². The fourth-order valence-electron chi connectivity index (χ4n) is 2.93. The first-order valence-electron chi connectivity index (χ1n) is 9.95. The lowest BCUT2D eigenvalue weighted by Gasteiger charge is -2.15. The maximum atomic E-state index is 12.4. The van der Waals surface area contributed by atoms with Crippen LogP contribution < -0.4 is 4.74 Å². The van der Waals surface area contributed by atoms with Crippen LogP contribution in [0.3, 0.4) is 0 Å². The molecule has 29 heavy (non-hydrogen) atoms. The van der Waals surface area contributed by atoms with Crippen molar-refractivity contribution in [3.8, 4) is 5.75 Å². The Labute approximate surface area is 170 Å². The zero-order chi connectivity index (χ0) is 21.2. The molecule has 0 radical (unpaired) electrons. The number of ether oxygens (including phenoxy) is 2. The molecule has 8 nitrogen and oxygen atoms in total. The van der Waals surface area contributed by atoms with Gasteiger partial charge in [0.15, 0.2) is 0 Å². The first kappa shape index (κ1) is 22.4. The number of nitrogens with zero attached hydrogens (tertiary/aromatic N) is 1. The molecule has 1 aromatic rings. The van der Waals surface area contributed by atoms with E-state index in [1.165, 1.54) is 0 Å². The molecule has 2 rings (SSSR count). The average molecular weight is 405 g/mol. The van der Waals surface area contributed by atoms with Crippen molar-refractivity contribution in [2.24, 2.45) is 5.92 Å². The van der Waals surface area contributed by atoms with Gasteiger partial charge in [-0.3, -0.25) is 19.2 Å². The lowest BCUT2D eigenvalue weighted by atomic mass is 9.97. The van der Waals surface area contributed by atoms with Crippen LogP contribution >= 0.6 is 0 Å². The molecule has 1 saturated heterocycles. The summed E-state index contributed by atoms with van der Waals surface area (Å²) in [6.07, 6.45) is 3.46. The second-order valence-corrected chi connectivity index (χ2v) is 6.90. The van der Waals surface area contributed by atoms with Crippen LogP contribution in [0.1, 0.15) is 64.4 Å². The molecule has 1 aromatic carbocycles. The second-order valence-electron chi connectivity index (χ2n) is 6.90. The molecule has 1 heterocycles. The van der Waals surface area contributed by atoms with Crippen LogP contribution in [-0.2, 0) is 30.6 Å². The monoisotopic (exact) mass is 405 g/mol. The third-order valence-electron chi connectivity index (χ3n) is 4.55. The van der Waals surface area contributed by atoms with Crippen LogP contribution in [-0.4, -0.2) is 29.0 Å². The Kier molecular flexibility index (Phi) is 8.64. The minimum absolute atomic E-state index is 0.0177. The van der Waals surface area contributed by atoms with Gasteiger partial charge in [0.25, 0.3) is 11.8 Å². The molecule has 2 amide bonds. The topological polar surface area (TPSA) is 99.2 Å². The predicted octanol–water partition coefficient (Wildman–Crippen LogP) is 3.92. The van der Waals surface area contributed by atoms with Crippen LogP contribution in [0.4, 0.5) is 4.79 Å². The van der Waals surface area contributed by atoms with Gasteiger partial charge in [0.2, 0.25) is 0 Å². The van der Waals surface area contributed by atoms with E-state index in [1.807, 2.05) is 6.92 Å². The highest BCUT2D eigenvalue weighted by Gasteiger charge is 2.33. The maximum Gasteiger partial charge on any atom is 0.534 e. The van der Waals surface area contributed by atoms with Crippen molar-refractivity contribution in [1.82, 2.24) is 5.06 Å². The Balaban J connectivity index is 1.81. The van der Waals surface area contributed by atoms with Gasteiger partial charge in [-0.05, 0) is 30.5 Å². The molecular weight excluding hydrogens is 378 g/mol. The molecule has 1 aliphatic rings. The lowest BCUT2D eigenvalue weighted by molar-refractivity contribution is -0.177. The number of imide groups is 1. The maximum absolute atomic E-state index is 12.4. The standard InChI is InChI=1S/C21H27NO7/c1-3-5-7-16(6-4-2)20(25)28-17-10-8-15(9-11-17)14-27-21(26)29-22-18(23)12-13-19(22)24/h8-11,16H,3-7,12-14H2,1-2H3. The molecule has 0 N–H and O–H groups in total. The zero-order valence-electron chi connectivity index (χ0n) is 16.8. The summed E-state index contributed by atoms with van der Waals surface area (Å²) in [5, 5.41) is 0.427. The minimum atomic E-state index is -1.14. The van der Waals surface area contributed by atoms with E-state index in [1.54, 1.807) is 24.3 Å². The van der Waals surface area contributed by atoms with Crippen LogP contribution in [0, 0.1) is 5.92 Å². The highest BCUT2D eigenvalue weighted by atomic mass is 16.8. The van der Waals surface area contributed by atoms with Gasteiger partial charge >= 0.3 is 12.1 Å². The van der Waals surface area contributed by atoms with E-state index in [2.05, 4.69) is 11.8 Å². The number of amides is 2. The summed E-state index contributed by atoms with van der Waals surface area (Å²) in [7, 11) is 0. The number of hydrogen-bond acceptors (Lipinski definition) is 7. The van der Waals surface area contributed by atoms with Crippen molar-refractivity contribution in [2.45, 2.75) is 65.4 Å². The molecule has 0 spiro atoms. The van der Waals surface area contributed by atoms with E-state index in [0.717, 1.165) is 32.1 Å². The number of esters is 1. The average Bonchev–Trinajstić information content (AvgIpc) is 3.02. The van der Waals surface area contributed by atoms with Gasteiger partial charge in [-0.15, -0.1) is 0 Å². The predicted molar refractivity (Wildman–Crippen MR) is 102 cm³/mol. The van der Waals surface area contributed by atoms with Crippen LogP contribution in [0.15, 0.2) is 24.3 Å². The Morgan fingerprint density at radius 3 is 2.24 bits per heavy atom. The van der Waals surface area contributed by atoms with E-state index >= 15 is 0 Å². The zero-order valence-corrected chi connectivity index (χ0v) is 16.8. The molecule has 1 fully saturated rings. The third kappa shape index (κ3) is 6.89. The van der Waals surface area contributed by atoms with Crippen molar-refractivity contribution in [2.75, 3.05) is 0 Å². The second kappa shape index (κ2) is 11.2. The molecule has 0 aromatic heterocycles. The van der Waals surface area contributed by atoms with E-state index < -0.39 is 18.0 Å². The summed E-state index contributed by atoms with van der Waals surface area (Å²) in [5.74, 6) is -1.05. The molecule has 1 unspecified atom stereocenters. The number of rotatable bonds is 10. The van der Waals surface area contributed by atoms with Crippen LogP contribution in [0.25, 0.3) is 0 Å². The molecular formula is C21H27NO7. The first-order chi connectivity index (χ1) is 13.9. The van der Waals surface area contributed by atoms with Gasteiger partial charge in [-0.1, -0.05) is 50.3 Å². The van der Waals surface area contributed by atoms with Gasteiger partial charge in [0, 0.05) is 12.8 Å². The van der Waals surface area contributed by atoms with E-state index in [0.29, 0.717) is 16.4 Å². The normalized spacial score (nSPS) is 14.6. The van der Waals surface area contributed by atoms with Gasteiger partial charge in [0.1, 0.15) is 12.4 Å². The summed E-state index contributed by atoms with van der Waals surface area (Å²) in [6.45, 7) is 4.02. The van der Waals surface area contributed by atoms with Crippen molar-refractivity contribution in [3.63, 3.8) is 0 Å². The summed E-state index contributed by atoms with van der Waals surface area (Å²) in [5.41, 5.74) is 0.636. The number of hydrogen-bond donors (Lipinski definition) is 0. The number of hydroxylamine groups is 2. The van der Waals surface area contributed by atoms with E-state index in [-0.39, 0.29) is 31.3 Å². The highest BCUT2D eigenvalue weighted by Crippen LogP contribution is 2.20. The molecule has 1 aliphatic heterocycles. The summed E-state index contributed by atoms with van der Waals surface area (Å²) < 4.78 is 10.4. The SMILES string of the molecule is CCCCC(CCC)C(=O)Oc1ccc(COC(=O)ON2C(=O)CCC2=O)cc1. The van der Waals surface area contributed by atoms with E-state index in [9.17, 15) is 19.2 Å². The number of carbonyl (C=O) groups is 4. The minimum Gasteiger partial charge on any atom is -0.428 e. The smallest absolute Gasteiger partial charge is 0.428 e. The summed E-state index contributed by atoms with van der Waals surface area (Å²) in [6, 6.07) is 6.56. The van der Waals surface area contributed by atoms with Gasteiger partial charge in [-0.25, -0.2) is 4.79 Å². The quantitative estimate of drug-likeness (QED) is 0.330. The van der Waals surface area contributed by atoms with Crippen LogP contribution in [0.2, 0.25) is 0 Å². The largest absolute Gasteiger partial charge is 0.534 e. The Morgan fingerprint density at radius 2 is 1.66 bits per heavy atom. The van der Waals surface area contributed by atoms with Crippen molar-refractivity contribution >= 4 is 23.9 Å². The Hall–Kier alpha value is -2.90. The summed E-state index contributed by atoms with van der Waals surface area (Å²) in [4.78, 5) is 51.4. The first-order valence-corrected chi connectivity index (χ1v) is 9.95. The van der Waals surface area contributed by atoms with Crippen molar-refractivity contribution in [3.05, 3.63) is 29.8 Å². The molecule has 0 bridgehead atoms.